The molecule has 0 fully saturated rings. The van der Waals surface area contributed by atoms with E-state index in [9.17, 15) is 4.79 Å². The van der Waals surface area contributed by atoms with Crippen molar-refractivity contribution in [3.8, 4) is 0 Å². The van der Waals surface area contributed by atoms with Crippen molar-refractivity contribution in [1.82, 2.24) is 10.6 Å². The molecule has 0 unspecified atom stereocenters. The Morgan fingerprint density at radius 1 is 1.25 bits per heavy atom. The maximum Gasteiger partial charge on any atom is 0.216 e. The van der Waals surface area contributed by atoms with Crippen molar-refractivity contribution in [2.24, 2.45) is 0 Å². The fraction of sp³-hybridized carbons (Fsp3) is 0.462. The monoisotopic (exact) mass is 220 g/mol. The Morgan fingerprint density at radius 2 is 2.00 bits per heavy atom. The Labute approximate surface area is 97.2 Å². The number of amides is 1. The van der Waals surface area contributed by atoms with Crippen molar-refractivity contribution in [2.45, 2.75) is 26.8 Å². The zero-order chi connectivity index (χ0) is 11.8. The number of nitrogens with one attached hydrogen (secondary N) is 2. The zero-order valence-electron chi connectivity index (χ0n) is 10.0. The van der Waals surface area contributed by atoms with Gasteiger partial charge < -0.3 is 10.6 Å². The Hall–Kier alpha value is -1.35. The Kier molecular flexibility index (Phi) is 5.57. The molecule has 3 nitrogen and oxygen atoms in total. The summed E-state index contributed by atoms with van der Waals surface area (Å²) in [6.45, 7) is 6.23. The van der Waals surface area contributed by atoms with E-state index in [0.29, 0.717) is 0 Å². The van der Waals surface area contributed by atoms with Crippen molar-refractivity contribution in [1.29, 1.82) is 0 Å². The van der Waals surface area contributed by atoms with E-state index in [2.05, 4.69) is 41.8 Å². The van der Waals surface area contributed by atoms with E-state index < -0.39 is 0 Å². The van der Waals surface area contributed by atoms with Crippen LogP contribution in [0, 0.1) is 6.92 Å². The van der Waals surface area contributed by atoms with E-state index in [-0.39, 0.29) is 5.91 Å². The Balaban J connectivity index is 2.12. The molecule has 16 heavy (non-hydrogen) atoms. The molecule has 0 heterocycles. The van der Waals surface area contributed by atoms with Crippen molar-refractivity contribution in [3.05, 3.63) is 35.4 Å². The third kappa shape index (κ3) is 4.94. The molecule has 0 spiro atoms. The van der Waals surface area contributed by atoms with Crippen LogP contribution < -0.4 is 10.6 Å². The van der Waals surface area contributed by atoms with E-state index in [0.717, 1.165) is 26.1 Å². The molecule has 0 bridgehead atoms. The lowest BCUT2D eigenvalue weighted by Crippen LogP contribution is -2.25. The quantitative estimate of drug-likeness (QED) is 0.715. The topological polar surface area (TPSA) is 41.1 Å². The van der Waals surface area contributed by atoms with Crippen molar-refractivity contribution >= 4 is 5.91 Å². The predicted molar refractivity (Wildman–Crippen MR) is 66.2 cm³/mol. The van der Waals surface area contributed by atoms with Gasteiger partial charge in [-0.05, 0) is 31.0 Å². The highest BCUT2D eigenvalue weighted by Gasteiger charge is 1.96. The molecule has 1 amide bonds. The Morgan fingerprint density at radius 3 is 2.69 bits per heavy atom. The van der Waals surface area contributed by atoms with E-state index in [1.54, 1.807) is 6.92 Å². The molecule has 3 heteroatoms. The number of aryl methyl sites for hydroxylation is 1. The highest BCUT2D eigenvalue weighted by Crippen LogP contribution is 2.05. The minimum atomic E-state index is 0.0407. The van der Waals surface area contributed by atoms with Gasteiger partial charge in [-0.1, -0.05) is 24.3 Å². The van der Waals surface area contributed by atoms with Crippen molar-refractivity contribution in [2.75, 3.05) is 13.1 Å². The molecule has 1 rings (SSSR count). The van der Waals surface area contributed by atoms with Gasteiger partial charge in [-0.3, -0.25) is 4.79 Å². The van der Waals surface area contributed by atoms with Gasteiger partial charge in [-0.15, -0.1) is 0 Å². The van der Waals surface area contributed by atoms with Gasteiger partial charge in [0.15, 0.2) is 0 Å². The molecular formula is C13H20N2O. The molecule has 1 aromatic rings. The fourth-order valence-electron chi connectivity index (χ4n) is 1.51. The SMILES string of the molecule is CC(=O)NCCCNCc1ccccc1C. The Bertz CT molecular complexity index is 336. The predicted octanol–water partition coefficient (Wildman–Crippen LogP) is 1.61. The molecule has 0 aromatic heterocycles. The number of carbonyl (C=O) groups is 1. The second-order valence-corrected chi connectivity index (χ2v) is 3.94. The van der Waals surface area contributed by atoms with Crippen LogP contribution in [-0.2, 0) is 11.3 Å². The summed E-state index contributed by atoms with van der Waals surface area (Å²) in [4.78, 5) is 10.6. The van der Waals surface area contributed by atoms with Gasteiger partial charge in [0.25, 0.3) is 0 Å². The van der Waals surface area contributed by atoms with Crippen molar-refractivity contribution < 1.29 is 4.79 Å². The van der Waals surface area contributed by atoms with Gasteiger partial charge in [-0.2, -0.15) is 0 Å². The molecule has 0 aliphatic rings. The summed E-state index contributed by atoms with van der Waals surface area (Å²) in [6, 6.07) is 8.36. The largest absolute Gasteiger partial charge is 0.356 e. The summed E-state index contributed by atoms with van der Waals surface area (Å²) < 4.78 is 0. The van der Waals surface area contributed by atoms with Crippen LogP contribution in [0.25, 0.3) is 0 Å². The molecule has 0 saturated heterocycles. The molecule has 0 aliphatic carbocycles. The van der Waals surface area contributed by atoms with Crippen LogP contribution in [-0.4, -0.2) is 19.0 Å². The van der Waals surface area contributed by atoms with E-state index >= 15 is 0 Å². The van der Waals surface area contributed by atoms with Crippen molar-refractivity contribution in [3.63, 3.8) is 0 Å². The smallest absolute Gasteiger partial charge is 0.216 e. The lowest BCUT2D eigenvalue weighted by Gasteiger charge is -2.07. The van der Waals surface area contributed by atoms with E-state index in [1.807, 2.05) is 0 Å². The zero-order valence-corrected chi connectivity index (χ0v) is 10.0. The first kappa shape index (κ1) is 12.7. The molecule has 2 N–H and O–H groups in total. The first-order valence-corrected chi connectivity index (χ1v) is 5.70. The van der Waals surface area contributed by atoms with Crippen LogP contribution in [0.2, 0.25) is 0 Å². The first-order valence-electron chi connectivity index (χ1n) is 5.70. The molecule has 0 saturated carbocycles. The molecule has 0 aliphatic heterocycles. The second kappa shape index (κ2) is 7.01. The summed E-state index contributed by atoms with van der Waals surface area (Å²) in [5.74, 6) is 0.0407. The van der Waals surface area contributed by atoms with E-state index in [4.69, 9.17) is 0 Å². The fourth-order valence-corrected chi connectivity index (χ4v) is 1.51. The standard InChI is InChI=1S/C13H20N2O/c1-11-6-3-4-7-13(11)10-14-8-5-9-15-12(2)16/h3-4,6-7,14H,5,8-10H2,1-2H3,(H,15,16). The van der Waals surface area contributed by atoms with Crippen LogP contribution in [0.15, 0.2) is 24.3 Å². The summed E-state index contributed by atoms with van der Waals surface area (Å²) >= 11 is 0. The second-order valence-electron chi connectivity index (χ2n) is 3.94. The minimum Gasteiger partial charge on any atom is -0.356 e. The van der Waals surface area contributed by atoms with E-state index in [1.165, 1.54) is 11.1 Å². The highest BCUT2D eigenvalue weighted by molar-refractivity contribution is 5.72. The van der Waals surface area contributed by atoms with Crippen LogP contribution in [0.4, 0.5) is 0 Å². The maximum atomic E-state index is 10.6. The lowest BCUT2D eigenvalue weighted by molar-refractivity contribution is -0.118. The average molecular weight is 220 g/mol. The van der Waals surface area contributed by atoms with Crippen LogP contribution in [0.1, 0.15) is 24.5 Å². The van der Waals surface area contributed by atoms with Gasteiger partial charge >= 0.3 is 0 Å². The van der Waals surface area contributed by atoms with Gasteiger partial charge in [0.2, 0.25) is 5.91 Å². The van der Waals surface area contributed by atoms with Crippen LogP contribution in [0.5, 0.6) is 0 Å². The summed E-state index contributed by atoms with van der Waals surface area (Å²) in [7, 11) is 0. The first-order chi connectivity index (χ1) is 7.70. The van der Waals surface area contributed by atoms with Crippen LogP contribution in [0.3, 0.4) is 0 Å². The number of hydrogen-bond acceptors (Lipinski definition) is 2. The number of carbonyl (C=O) groups excluding carboxylic acids is 1. The molecular weight excluding hydrogens is 200 g/mol. The minimum absolute atomic E-state index is 0.0407. The van der Waals surface area contributed by atoms with Gasteiger partial charge in [-0.25, -0.2) is 0 Å². The molecule has 0 radical (unpaired) electrons. The number of benzene rings is 1. The summed E-state index contributed by atoms with van der Waals surface area (Å²) in [5, 5.41) is 6.14. The van der Waals surface area contributed by atoms with Crippen LogP contribution >= 0.6 is 0 Å². The third-order valence-electron chi connectivity index (χ3n) is 2.48. The highest BCUT2D eigenvalue weighted by atomic mass is 16.1. The third-order valence-corrected chi connectivity index (χ3v) is 2.48. The average Bonchev–Trinajstić information content (AvgIpc) is 2.25. The number of hydrogen-bond donors (Lipinski definition) is 2. The normalized spacial score (nSPS) is 10.1. The summed E-state index contributed by atoms with van der Waals surface area (Å²) in [6.07, 6.45) is 0.964. The summed E-state index contributed by atoms with van der Waals surface area (Å²) in [5.41, 5.74) is 2.65. The van der Waals surface area contributed by atoms with Gasteiger partial charge in [0.1, 0.15) is 0 Å². The van der Waals surface area contributed by atoms with Gasteiger partial charge in [0, 0.05) is 20.0 Å². The molecule has 88 valence electrons. The van der Waals surface area contributed by atoms with Gasteiger partial charge in [0.05, 0.1) is 0 Å². The molecule has 1 aromatic carbocycles. The molecule has 0 atom stereocenters. The number of rotatable bonds is 6. The lowest BCUT2D eigenvalue weighted by atomic mass is 10.1. The maximum absolute atomic E-state index is 10.6.